The summed E-state index contributed by atoms with van der Waals surface area (Å²) >= 11 is 0. The van der Waals surface area contributed by atoms with Gasteiger partial charge in [0.15, 0.2) is 0 Å². The molecule has 2 amide bonds. The topological polar surface area (TPSA) is 61.8 Å². The molecule has 0 aromatic rings. The van der Waals surface area contributed by atoms with E-state index in [-0.39, 0.29) is 24.8 Å². The molecule has 0 saturated carbocycles. The average molecular weight is 256 g/mol. The van der Waals surface area contributed by atoms with Crippen LogP contribution in [0.15, 0.2) is 12.7 Å². The summed E-state index contributed by atoms with van der Waals surface area (Å²) in [6.45, 7) is 7.15. The number of nitrogens with one attached hydrogen (secondary N) is 1. The fourth-order valence-electron chi connectivity index (χ4n) is 2.18. The summed E-state index contributed by atoms with van der Waals surface area (Å²) in [5.41, 5.74) is 0. The van der Waals surface area contributed by atoms with Gasteiger partial charge in [-0.15, -0.1) is 6.58 Å². The molecule has 5 nitrogen and oxygen atoms in total. The van der Waals surface area contributed by atoms with E-state index in [9.17, 15) is 4.79 Å². The highest BCUT2D eigenvalue weighted by molar-refractivity contribution is 5.74. The molecule has 1 aliphatic heterocycles. The number of nitrogens with zero attached hydrogens (tertiary/aromatic N) is 1. The first-order valence-electron chi connectivity index (χ1n) is 6.61. The lowest BCUT2D eigenvalue weighted by Gasteiger charge is -2.27. The van der Waals surface area contributed by atoms with Crippen LogP contribution in [0, 0.1) is 0 Å². The molecular weight excluding hydrogens is 232 g/mol. The van der Waals surface area contributed by atoms with Crippen molar-refractivity contribution in [1.29, 1.82) is 0 Å². The summed E-state index contributed by atoms with van der Waals surface area (Å²) in [5, 5.41) is 11.9. The minimum absolute atomic E-state index is 0.0437. The van der Waals surface area contributed by atoms with Gasteiger partial charge in [-0.05, 0) is 19.3 Å². The van der Waals surface area contributed by atoms with Crippen LogP contribution in [-0.4, -0.2) is 54.5 Å². The molecule has 0 aromatic carbocycles. The lowest BCUT2D eigenvalue weighted by atomic mass is 10.1. The predicted octanol–water partition coefficient (Wildman–Crippen LogP) is 1.13. The van der Waals surface area contributed by atoms with Crippen molar-refractivity contribution in [2.75, 3.05) is 26.3 Å². The fraction of sp³-hybridized carbons (Fsp3) is 0.769. The monoisotopic (exact) mass is 256 g/mol. The number of hydrogen-bond acceptors (Lipinski definition) is 3. The lowest BCUT2D eigenvalue weighted by molar-refractivity contribution is 0.0767. The molecule has 0 radical (unpaired) electrons. The lowest BCUT2D eigenvalue weighted by Crippen LogP contribution is -2.49. The Bertz CT molecular complexity index is 265. The number of urea groups is 1. The van der Waals surface area contributed by atoms with Gasteiger partial charge in [-0.1, -0.05) is 13.0 Å². The minimum Gasteiger partial charge on any atom is -0.395 e. The zero-order valence-corrected chi connectivity index (χ0v) is 11.1. The van der Waals surface area contributed by atoms with Gasteiger partial charge in [-0.2, -0.15) is 0 Å². The highest BCUT2D eigenvalue weighted by Gasteiger charge is 2.27. The smallest absolute Gasteiger partial charge is 0.318 e. The summed E-state index contributed by atoms with van der Waals surface area (Å²) < 4.78 is 5.60. The van der Waals surface area contributed by atoms with E-state index in [4.69, 9.17) is 9.84 Å². The van der Waals surface area contributed by atoms with Crippen molar-refractivity contribution >= 4 is 6.03 Å². The maximum atomic E-state index is 12.0. The number of aliphatic hydroxyl groups is 1. The van der Waals surface area contributed by atoms with Crippen molar-refractivity contribution in [3.63, 3.8) is 0 Å². The molecule has 104 valence electrons. The Labute approximate surface area is 109 Å². The maximum Gasteiger partial charge on any atom is 0.318 e. The molecule has 2 N–H and O–H groups in total. The van der Waals surface area contributed by atoms with Crippen LogP contribution < -0.4 is 5.32 Å². The van der Waals surface area contributed by atoms with E-state index in [0.29, 0.717) is 13.1 Å². The Balaban J connectivity index is 2.50. The molecule has 0 bridgehead atoms. The van der Waals surface area contributed by atoms with Gasteiger partial charge < -0.3 is 20.1 Å². The summed E-state index contributed by atoms with van der Waals surface area (Å²) in [6.07, 6.45) is 4.68. The number of carbonyl (C=O) groups is 1. The zero-order chi connectivity index (χ0) is 13.4. The van der Waals surface area contributed by atoms with E-state index in [1.165, 1.54) is 0 Å². The van der Waals surface area contributed by atoms with Gasteiger partial charge in [0.2, 0.25) is 0 Å². The first kappa shape index (κ1) is 15.0. The maximum absolute atomic E-state index is 12.0. The van der Waals surface area contributed by atoms with E-state index < -0.39 is 0 Å². The van der Waals surface area contributed by atoms with Gasteiger partial charge in [0, 0.05) is 19.7 Å². The number of ether oxygens (including phenoxy) is 1. The third-order valence-electron chi connectivity index (χ3n) is 3.17. The van der Waals surface area contributed by atoms with Gasteiger partial charge in [0.1, 0.15) is 0 Å². The molecule has 1 aliphatic rings. The zero-order valence-electron chi connectivity index (χ0n) is 11.1. The SMILES string of the molecule is C=CCN(CCO)C(=O)NC(CC)C1CCCO1. The van der Waals surface area contributed by atoms with Crippen LogP contribution >= 0.6 is 0 Å². The Morgan fingerprint density at radius 2 is 2.50 bits per heavy atom. The molecule has 0 aromatic heterocycles. The van der Waals surface area contributed by atoms with Crippen molar-refractivity contribution in [3.05, 3.63) is 12.7 Å². The molecule has 5 heteroatoms. The molecule has 2 unspecified atom stereocenters. The third kappa shape index (κ3) is 4.31. The first-order valence-corrected chi connectivity index (χ1v) is 6.61. The van der Waals surface area contributed by atoms with Crippen LogP contribution in [0.25, 0.3) is 0 Å². The standard InChI is InChI=1S/C13H24N2O3/c1-3-7-15(8-9-16)13(17)14-11(4-2)12-6-5-10-18-12/h3,11-12,16H,1,4-10H2,2H3,(H,14,17). The fourth-order valence-corrected chi connectivity index (χ4v) is 2.18. The molecule has 0 aliphatic carbocycles. The van der Waals surface area contributed by atoms with Crippen molar-refractivity contribution in [3.8, 4) is 0 Å². The van der Waals surface area contributed by atoms with Crippen molar-refractivity contribution in [1.82, 2.24) is 10.2 Å². The Hall–Kier alpha value is -1.07. The van der Waals surface area contributed by atoms with Crippen molar-refractivity contribution < 1.29 is 14.6 Å². The van der Waals surface area contributed by atoms with E-state index in [0.717, 1.165) is 25.9 Å². The molecule has 18 heavy (non-hydrogen) atoms. The molecule has 0 spiro atoms. The largest absolute Gasteiger partial charge is 0.395 e. The normalized spacial score (nSPS) is 20.4. The Morgan fingerprint density at radius 1 is 1.72 bits per heavy atom. The minimum atomic E-state index is -0.161. The predicted molar refractivity (Wildman–Crippen MR) is 70.4 cm³/mol. The van der Waals surface area contributed by atoms with Gasteiger partial charge in [-0.3, -0.25) is 0 Å². The molecule has 1 heterocycles. The molecule has 1 fully saturated rings. The summed E-state index contributed by atoms with van der Waals surface area (Å²) in [5.74, 6) is 0. The highest BCUT2D eigenvalue weighted by atomic mass is 16.5. The number of rotatable bonds is 7. The molecule has 1 rings (SSSR count). The summed E-state index contributed by atoms with van der Waals surface area (Å²) in [4.78, 5) is 13.6. The summed E-state index contributed by atoms with van der Waals surface area (Å²) in [6, 6.07) is -0.114. The van der Waals surface area contributed by atoms with Gasteiger partial charge in [0.25, 0.3) is 0 Å². The van der Waals surface area contributed by atoms with Crippen LogP contribution in [0.2, 0.25) is 0 Å². The van der Waals surface area contributed by atoms with E-state index in [1.54, 1.807) is 11.0 Å². The van der Waals surface area contributed by atoms with Gasteiger partial charge in [0.05, 0.1) is 18.8 Å². The van der Waals surface area contributed by atoms with Crippen molar-refractivity contribution in [2.24, 2.45) is 0 Å². The van der Waals surface area contributed by atoms with Crippen molar-refractivity contribution in [2.45, 2.75) is 38.3 Å². The van der Waals surface area contributed by atoms with Crippen LogP contribution in [0.3, 0.4) is 0 Å². The van der Waals surface area contributed by atoms with Crippen LogP contribution in [0.5, 0.6) is 0 Å². The van der Waals surface area contributed by atoms with E-state index >= 15 is 0 Å². The third-order valence-corrected chi connectivity index (χ3v) is 3.17. The van der Waals surface area contributed by atoms with Crippen LogP contribution in [0.1, 0.15) is 26.2 Å². The Kier molecular flexibility index (Phi) is 6.75. The molecule has 1 saturated heterocycles. The second kappa shape index (κ2) is 8.11. The van der Waals surface area contributed by atoms with Gasteiger partial charge >= 0.3 is 6.03 Å². The van der Waals surface area contributed by atoms with Crippen LogP contribution in [0.4, 0.5) is 4.79 Å². The van der Waals surface area contributed by atoms with Gasteiger partial charge in [-0.25, -0.2) is 4.79 Å². The highest BCUT2D eigenvalue weighted by Crippen LogP contribution is 2.17. The first-order chi connectivity index (χ1) is 8.72. The molecule has 2 atom stereocenters. The average Bonchev–Trinajstić information content (AvgIpc) is 2.89. The number of carbonyl (C=O) groups excluding carboxylic acids is 1. The van der Waals surface area contributed by atoms with Crippen LogP contribution in [-0.2, 0) is 4.74 Å². The van der Waals surface area contributed by atoms with E-state index in [2.05, 4.69) is 11.9 Å². The van der Waals surface area contributed by atoms with E-state index in [1.807, 2.05) is 6.92 Å². The summed E-state index contributed by atoms with van der Waals surface area (Å²) in [7, 11) is 0. The molecular formula is C13H24N2O3. The quantitative estimate of drug-likeness (QED) is 0.671. The number of hydrogen-bond donors (Lipinski definition) is 2. The Morgan fingerprint density at radius 3 is 3.00 bits per heavy atom. The number of aliphatic hydroxyl groups excluding tert-OH is 1. The number of amides is 2. The second-order valence-corrected chi connectivity index (χ2v) is 4.47. The second-order valence-electron chi connectivity index (χ2n) is 4.47.